The number of nitrogens with two attached hydrogens (primary N) is 1. The van der Waals surface area contributed by atoms with Crippen LogP contribution >= 0.6 is 0 Å². The van der Waals surface area contributed by atoms with E-state index in [-0.39, 0.29) is 5.69 Å². The molecule has 1 saturated heterocycles. The van der Waals surface area contributed by atoms with Gasteiger partial charge in [0.15, 0.2) is 11.6 Å². The Labute approximate surface area is 100 Å². The molecule has 0 radical (unpaired) electrons. The zero-order valence-corrected chi connectivity index (χ0v) is 10.0. The van der Waals surface area contributed by atoms with E-state index in [0.29, 0.717) is 11.6 Å². The largest absolute Gasteiger partial charge is 0.397 e. The molecule has 2 N–H and O–H groups in total. The summed E-state index contributed by atoms with van der Waals surface area (Å²) in [5, 5.41) is 0. The molecule has 0 amide bonds. The molecular weight excluding hydrogens is 222 g/mol. The zero-order chi connectivity index (χ0) is 12.4. The summed E-state index contributed by atoms with van der Waals surface area (Å²) >= 11 is 0. The second-order valence-electron chi connectivity index (χ2n) is 4.69. The molecule has 1 atom stereocenters. The number of anilines is 2. The normalized spacial score (nSPS) is 19.9. The highest BCUT2D eigenvalue weighted by atomic mass is 19.2. The molecule has 0 aromatic heterocycles. The van der Waals surface area contributed by atoms with E-state index in [0.717, 1.165) is 38.4 Å². The molecule has 1 aliphatic rings. The molecule has 1 aromatic carbocycles. The van der Waals surface area contributed by atoms with Gasteiger partial charge in [-0.15, -0.1) is 0 Å². The number of hydrogen-bond donors (Lipinski definition) is 1. The van der Waals surface area contributed by atoms with Crippen molar-refractivity contribution in [2.24, 2.45) is 5.92 Å². The molecule has 0 saturated carbocycles. The van der Waals surface area contributed by atoms with E-state index in [9.17, 15) is 8.78 Å². The van der Waals surface area contributed by atoms with Gasteiger partial charge in [-0.05, 0) is 30.9 Å². The number of halogens is 2. The Morgan fingerprint density at radius 3 is 2.88 bits per heavy atom. The van der Waals surface area contributed by atoms with Crippen molar-refractivity contribution in [2.75, 3.05) is 23.7 Å². The predicted molar refractivity (Wildman–Crippen MR) is 66.0 cm³/mol. The number of hydrogen-bond acceptors (Lipinski definition) is 2. The Morgan fingerprint density at radius 1 is 1.41 bits per heavy atom. The monoisotopic (exact) mass is 240 g/mol. The number of nitrogens with zero attached hydrogens (tertiary/aromatic N) is 1. The summed E-state index contributed by atoms with van der Waals surface area (Å²) in [6, 6.07) is 2.51. The van der Waals surface area contributed by atoms with Gasteiger partial charge in [-0.25, -0.2) is 8.78 Å². The first-order chi connectivity index (χ1) is 8.13. The van der Waals surface area contributed by atoms with Gasteiger partial charge in [0.2, 0.25) is 0 Å². The number of benzene rings is 1. The molecule has 2 nitrogen and oxygen atoms in total. The molecule has 1 aromatic rings. The standard InChI is InChI=1S/C13H18F2N2/c1-2-3-9-6-7-17(8-9)13-11(16)5-4-10(14)12(13)15/h4-5,9H,2-3,6-8,16H2,1H3. The maximum atomic E-state index is 13.7. The fourth-order valence-corrected chi connectivity index (χ4v) is 2.56. The third-order valence-electron chi connectivity index (χ3n) is 3.40. The quantitative estimate of drug-likeness (QED) is 0.822. The van der Waals surface area contributed by atoms with Crippen LogP contribution in [0.2, 0.25) is 0 Å². The van der Waals surface area contributed by atoms with Crippen LogP contribution in [0.15, 0.2) is 12.1 Å². The first kappa shape index (κ1) is 12.1. The lowest BCUT2D eigenvalue weighted by atomic mass is 10.0. The van der Waals surface area contributed by atoms with Crippen molar-refractivity contribution >= 4 is 11.4 Å². The van der Waals surface area contributed by atoms with Crippen molar-refractivity contribution in [3.05, 3.63) is 23.8 Å². The summed E-state index contributed by atoms with van der Waals surface area (Å²) in [5.74, 6) is -1.07. The third kappa shape index (κ3) is 2.35. The van der Waals surface area contributed by atoms with Crippen molar-refractivity contribution in [3.63, 3.8) is 0 Å². The van der Waals surface area contributed by atoms with Gasteiger partial charge in [0, 0.05) is 13.1 Å². The summed E-state index contributed by atoms with van der Waals surface area (Å²) in [5.41, 5.74) is 6.30. The van der Waals surface area contributed by atoms with Gasteiger partial charge in [0.05, 0.1) is 11.4 Å². The van der Waals surface area contributed by atoms with Gasteiger partial charge in [-0.2, -0.15) is 0 Å². The minimum Gasteiger partial charge on any atom is -0.397 e. The van der Waals surface area contributed by atoms with Crippen molar-refractivity contribution in [3.8, 4) is 0 Å². The highest BCUT2D eigenvalue weighted by molar-refractivity contribution is 5.68. The van der Waals surface area contributed by atoms with Crippen LogP contribution in [-0.4, -0.2) is 13.1 Å². The van der Waals surface area contributed by atoms with E-state index in [2.05, 4.69) is 6.92 Å². The van der Waals surface area contributed by atoms with Gasteiger partial charge in [-0.1, -0.05) is 13.3 Å². The lowest BCUT2D eigenvalue weighted by molar-refractivity contribution is 0.505. The van der Waals surface area contributed by atoms with Crippen LogP contribution < -0.4 is 10.6 Å². The van der Waals surface area contributed by atoms with Crippen molar-refractivity contribution < 1.29 is 8.78 Å². The summed E-state index contributed by atoms with van der Waals surface area (Å²) in [6.07, 6.45) is 3.29. The summed E-state index contributed by atoms with van der Waals surface area (Å²) < 4.78 is 26.9. The van der Waals surface area contributed by atoms with Crippen molar-refractivity contribution in [1.82, 2.24) is 0 Å². The fraction of sp³-hybridized carbons (Fsp3) is 0.538. The van der Waals surface area contributed by atoms with Gasteiger partial charge < -0.3 is 10.6 Å². The van der Waals surface area contributed by atoms with Crippen molar-refractivity contribution in [1.29, 1.82) is 0 Å². The van der Waals surface area contributed by atoms with Crippen LogP contribution in [0, 0.1) is 17.6 Å². The van der Waals surface area contributed by atoms with Crippen LogP contribution in [0.5, 0.6) is 0 Å². The third-order valence-corrected chi connectivity index (χ3v) is 3.40. The van der Waals surface area contributed by atoms with E-state index in [4.69, 9.17) is 5.73 Å². The molecule has 2 rings (SSSR count). The van der Waals surface area contributed by atoms with Crippen LogP contribution in [0.4, 0.5) is 20.2 Å². The average molecular weight is 240 g/mol. The first-order valence-electron chi connectivity index (χ1n) is 6.12. The van der Waals surface area contributed by atoms with Crippen LogP contribution in [0.3, 0.4) is 0 Å². The van der Waals surface area contributed by atoms with E-state index < -0.39 is 11.6 Å². The predicted octanol–water partition coefficient (Wildman–Crippen LogP) is 3.17. The molecule has 94 valence electrons. The molecular formula is C13H18F2N2. The second-order valence-corrected chi connectivity index (χ2v) is 4.69. The van der Waals surface area contributed by atoms with E-state index >= 15 is 0 Å². The molecule has 1 fully saturated rings. The van der Waals surface area contributed by atoms with Crippen LogP contribution in [0.25, 0.3) is 0 Å². The second kappa shape index (κ2) is 4.90. The molecule has 1 unspecified atom stereocenters. The van der Waals surface area contributed by atoms with Gasteiger partial charge in [0.1, 0.15) is 0 Å². The molecule has 4 heteroatoms. The Morgan fingerprint density at radius 2 is 2.18 bits per heavy atom. The molecule has 0 bridgehead atoms. The number of rotatable bonds is 3. The summed E-state index contributed by atoms with van der Waals surface area (Å²) in [6.45, 7) is 3.67. The van der Waals surface area contributed by atoms with E-state index in [1.807, 2.05) is 4.90 Å². The number of nitrogen functional groups attached to an aromatic ring is 1. The minimum absolute atomic E-state index is 0.239. The fourth-order valence-electron chi connectivity index (χ4n) is 2.56. The molecule has 17 heavy (non-hydrogen) atoms. The molecule has 1 aliphatic heterocycles. The Kier molecular flexibility index (Phi) is 3.50. The van der Waals surface area contributed by atoms with Gasteiger partial charge in [0.25, 0.3) is 0 Å². The van der Waals surface area contributed by atoms with Crippen molar-refractivity contribution in [2.45, 2.75) is 26.2 Å². The van der Waals surface area contributed by atoms with Crippen LogP contribution in [0.1, 0.15) is 26.2 Å². The maximum Gasteiger partial charge on any atom is 0.184 e. The zero-order valence-electron chi connectivity index (χ0n) is 10.0. The smallest absolute Gasteiger partial charge is 0.184 e. The lowest BCUT2D eigenvalue weighted by Crippen LogP contribution is -2.22. The van der Waals surface area contributed by atoms with E-state index in [1.165, 1.54) is 6.07 Å². The van der Waals surface area contributed by atoms with Crippen LogP contribution in [-0.2, 0) is 0 Å². The Hall–Kier alpha value is -1.32. The van der Waals surface area contributed by atoms with E-state index in [1.54, 1.807) is 0 Å². The minimum atomic E-state index is -0.826. The average Bonchev–Trinajstić information content (AvgIpc) is 2.73. The topological polar surface area (TPSA) is 29.3 Å². The molecule has 1 heterocycles. The molecule has 0 spiro atoms. The maximum absolute atomic E-state index is 13.7. The van der Waals surface area contributed by atoms with Gasteiger partial charge >= 0.3 is 0 Å². The summed E-state index contributed by atoms with van der Waals surface area (Å²) in [7, 11) is 0. The highest BCUT2D eigenvalue weighted by Crippen LogP contribution is 2.33. The lowest BCUT2D eigenvalue weighted by Gasteiger charge is -2.21. The first-order valence-corrected chi connectivity index (χ1v) is 6.12. The van der Waals surface area contributed by atoms with Gasteiger partial charge in [-0.3, -0.25) is 0 Å². The highest BCUT2D eigenvalue weighted by Gasteiger charge is 2.26. The SMILES string of the molecule is CCCC1CCN(c2c(N)ccc(F)c2F)C1. The Balaban J connectivity index is 2.21. The molecule has 0 aliphatic carbocycles. The Bertz CT molecular complexity index is 407. The summed E-state index contributed by atoms with van der Waals surface area (Å²) in [4.78, 5) is 1.87.